The van der Waals surface area contributed by atoms with E-state index in [0.717, 1.165) is 17.0 Å². The van der Waals surface area contributed by atoms with E-state index in [-0.39, 0.29) is 5.41 Å². The van der Waals surface area contributed by atoms with Gasteiger partial charge in [-0.1, -0.05) is 112 Å². The van der Waals surface area contributed by atoms with E-state index in [1.165, 1.54) is 21.9 Å². The predicted octanol–water partition coefficient (Wildman–Crippen LogP) is 7.32. The minimum atomic E-state index is -0.187. The molecule has 5 aromatic rings. The third-order valence-corrected chi connectivity index (χ3v) is 5.56. The second-order valence-electron chi connectivity index (χ2n) is 9.06. The van der Waals surface area contributed by atoms with Crippen LogP contribution in [0.1, 0.15) is 26.6 Å². The Kier molecular flexibility index (Phi) is 5.02. The van der Waals surface area contributed by atoms with Crippen LogP contribution >= 0.6 is 0 Å². The van der Waals surface area contributed by atoms with Crippen LogP contribution in [-0.2, 0) is 5.41 Å². The van der Waals surface area contributed by atoms with Crippen LogP contribution in [0.4, 0.5) is 0 Å². The Bertz CT molecular complexity index is 1380. The maximum Gasteiger partial charge on any atom is 0.163 e. The normalized spacial score (nSPS) is 11.6. The SMILES string of the molecule is CC(C)(C)c1nc(-c2ccc(-c3ccccc3)cc2)nc(-c2ccc3ccccc3c2)n1. The van der Waals surface area contributed by atoms with Crippen LogP contribution in [-0.4, -0.2) is 15.0 Å². The Hall–Kier alpha value is -3.85. The number of nitrogens with zero attached hydrogens (tertiary/aromatic N) is 3. The van der Waals surface area contributed by atoms with E-state index in [2.05, 4.69) is 112 Å². The topological polar surface area (TPSA) is 38.7 Å². The molecule has 3 heteroatoms. The highest BCUT2D eigenvalue weighted by Gasteiger charge is 2.21. The minimum absolute atomic E-state index is 0.187. The Labute approximate surface area is 188 Å². The van der Waals surface area contributed by atoms with E-state index in [9.17, 15) is 0 Å². The fraction of sp³-hybridized carbons (Fsp3) is 0.138. The summed E-state index contributed by atoms with van der Waals surface area (Å²) in [5, 5.41) is 2.38. The van der Waals surface area contributed by atoms with Gasteiger partial charge in [-0.2, -0.15) is 0 Å². The van der Waals surface area contributed by atoms with Gasteiger partial charge in [0, 0.05) is 16.5 Å². The zero-order chi connectivity index (χ0) is 22.1. The molecule has 1 aromatic heterocycles. The van der Waals surface area contributed by atoms with Crippen molar-refractivity contribution in [2.75, 3.05) is 0 Å². The van der Waals surface area contributed by atoms with Crippen molar-refractivity contribution in [1.82, 2.24) is 15.0 Å². The smallest absolute Gasteiger partial charge is 0.163 e. The summed E-state index contributed by atoms with van der Waals surface area (Å²) in [6.07, 6.45) is 0. The summed E-state index contributed by atoms with van der Waals surface area (Å²) in [5.41, 5.74) is 4.17. The van der Waals surface area contributed by atoms with Gasteiger partial charge in [-0.15, -0.1) is 0 Å². The highest BCUT2D eigenvalue weighted by atomic mass is 15.0. The zero-order valence-corrected chi connectivity index (χ0v) is 18.6. The molecule has 0 aliphatic heterocycles. The minimum Gasteiger partial charge on any atom is -0.212 e. The Balaban J connectivity index is 1.60. The summed E-state index contributed by atoms with van der Waals surface area (Å²) in [5.74, 6) is 2.20. The van der Waals surface area contributed by atoms with Crippen molar-refractivity contribution in [3.63, 3.8) is 0 Å². The van der Waals surface area contributed by atoms with Gasteiger partial charge in [0.1, 0.15) is 5.82 Å². The summed E-state index contributed by atoms with van der Waals surface area (Å²) in [4.78, 5) is 14.6. The molecule has 0 bridgehead atoms. The summed E-state index contributed by atoms with van der Waals surface area (Å²) < 4.78 is 0. The van der Waals surface area contributed by atoms with E-state index >= 15 is 0 Å². The molecule has 0 amide bonds. The van der Waals surface area contributed by atoms with Crippen molar-refractivity contribution in [2.24, 2.45) is 0 Å². The molecule has 156 valence electrons. The molecule has 1 heterocycles. The molecule has 3 nitrogen and oxygen atoms in total. The summed E-state index contributed by atoms with van der Waals surface area (Å²) >= 11 is 0. The van der Waals surface area contributed by atoms with Crippen molar-refractivity contribution >= 4 is 10.8 Å². The predicted molar refractivity (Wildman–Crippen MR) is 132 cm³/mol. The molecule has 0 aliphatic rings. The summed E-state index contributed by atoms with van der Waals surface area (Å²) in [7, 11) is 0. The standard InChI is InChI=1S/C29H25N3/c1-29(2,3)28-31-26(23-16-13-22(14-17-23)20-9-5-4-6-10-20)30-27(32-28)25-18-15-21-11-7-8-12-24(21)19-25/h4-19H,1-3H3. The van der Waals surface area contributed by atoms with Crippen molar-refractivity contribution in [3.8, 4) is 33.9 Å². The molecule has 0 unspecified atom stereocenters. The van der Waals surface area contributed by atoms with Gasteiger partial charge in [0.25, 0.3) is 0 Å². The number of rotatable bonds is 3. The summed E-state index contributed by atoms with van der Waals surface area (Å²) in [6.45, 7) is 6.40. The van der Waals surface area contributed by atoms with Crippen molar-refractivity contribution in [3.05, 3.63) is 103 Å². The lowest BCUT2D eigenvalue weighted by Crippen LogP contribution is -2.18. The van der Waals surface area contributed by atoms with Gasteiger partial charge in [0.05, 0.1) is 0 Å². The van der Waals surface area contributed by atoms with Crippen LogP contribution in [0, 0.1) is 0 Å². The van der Waals surface area contributed by atoms with Crippen LogP contribution < -0.4 is 0 Å². The molecule has 0 saturated heterocycles. The monoisotopic (exact) mass is 415 g/mol. The highest BCUT2D eigenvalue weighted by Crippen LogP contribution is 2.28. The molecule has 0 atom stereocenters. The van der Waals surface area contributed by atoms with E-state index in [0.29, 0.717) is 11.6 Å². The first-order valence-electron chi connectivity index (χ1n) is 10.9. The van der Waals surface area contributed by atoms with Gasteiger partial charge in [-0.25, -0.2) is 15.0 Å². The molecule has 5 rings (SSSR count). The van der Waals surface area contributed by atoms with E-state index in [1.807, 2.05) is 6.07 Å². The zero-order valence-electron chi connectivity index (χ0n) is 18.6. The average Bonchev–Trinajstić information content (AvgIpc) is 2.83. The van der Waals surface area contributed by atoms with Crippen molar-refractivity contribution in [2.45, 2.75) is 26.2 Å². The molecule has 0 fully saturated rings. The van der Waals surface area contributed by atoms with Gasteiger partial charge in [0.15, 0.2) is 11.6 Å². The molecule has 32 heavy (non-hydrogen) atoms. The van der Waals surface area contributed by atoms with Crippen molar-refractivity contribution in [1.29, 1.82) is 0 Å². The fourth-order valence-corrected chi connectivity index (χ4v) is 3.74. The molecule has 4 aromatic carbocycles. The Morgan fingerprint density at radius 1 is 0.469 bits per heavy atom. The van der Waals surface area contributed by atoms with E-state index < -0.39 is 0 Å². The average molecular weight is 416 g/mol. The van der Waals surface area contributed by atoms with E-state index in [1.54, 1.807) is 0 Å². The van der Waals surface area contributed by atoms with Crippen LogP contribution in [0.25, 0.3) is 44.7 Å². The number of fused-ring (bicyclic) bond motifs is 1. The quantitative estimate of drug-likeness (QED) is 0.310. The van der Waals surface area contributed by atoms with Crippen LogP contribution in [0.5, 0.6) is 0 Å². The molecule has 0 aliphatic carbocycles. The molecular formula is C29H25N3. The first-order valence-corrected chi connectivity index (χ1v) is 10.9. The van der Waals surface area contributed by atoms with Crippen LogP contribution in [0.3, 0.4) is 0 Å². The van der Waals surface area contributed by atoms with Crippen molar-refractivity contribution < 1.29 is 0 Å². The van der Waals surface area contributed by atoms with Crippen LogP contribution in [0.15, 0.2) is 97.1 Å². The molecule has 0 N–H and O–H groups in total. The first-order chi connectivity index (χ1) is 15.5. The lowest BCUT2D eigenvalue weighted by Gasteiger charge is -2.18. The molecule has 0 saturated carbocycles. The Morgan fingerprint density at radius 2 is 1.00 bits per heavy atom. The highest BCUT2D eigenvalue weighted by molar-refractivity contribution is 5.86. The maximum absolute atomic E-state index is 4.87. The lowest BCUT2D eigenvalue weighted by molar-refractivity contribution is 0.543. The third-order valence-electron chi connectivity index (χ3n) is 5.56. The second kappa shape index (κ2) is 8.01. The van der Waals surface area contributed by atoms with Gasteiger partial charge in [0.2, 0.25) is 0 Å². The molecule has 0 radical (unpaired) electrons. The number of hydrogen-bond donors (Lipinski definition) is 0. The second-order valence-corrected chi connectivity index (χ2v) is 9.06. The van der Waals surface area contributed by atoms with Gasteiger partial charge in [-0.05, 0) is 28.0 Å². The maximum atomic E-state index is 4.87. The summed E-state index contributed by atoms with van der Waals surface area (Å²) in [6, 6.07) is 33.5. The van der Waals surface area contributed by atoms with E-state index in [4.69, 9.17) is 15.0 Å². The number of aromatic nitrogens is 3. The Morgan fingerprint density at radius 3 is 1.69 bits per heavy atom. The molecular weight excluding hydrogens is 390 g/mol. The fourth-order valence-electron chi connectivity index (χ4n) is 3.74. The lowest BCUT2D eigenvalue weighted by atomic mass is 9.95. The largest absolute Gasteiger partial charge is 0.212 e. The van der Waals surface area contributed by atoms with Crippen LogP contribution in [0.2, 0.25) is 0 Å². The number of benzene rings is 4. The third kappa shape index (κ3) is 4.02. The van der Waals surface area contributed by atoms with Gasteiger partial charge >= 0.3 is 0 Å². The van der Waals surface area contributed by atoms with Gasteiger partial charge in [-0.3, -0.25) is 0 Å². The first kappa shape index (κ1) is 20.1. The van der Waals surface area contributed by atoms with Gasteiger partial charge < -0.3 is 0 Å². The molecule has 0 spiro atoms. The number of hydrogen-bond acceptors (Lipinski definition) is 3.